The molecule has 1 saturated carbocycles. The lowest BCUT2D eigenvalue weighted by Crippen LogP contribution is -2.59. The van der Waals surface area contributed by atoms with Gasteiger partial charge in [0.2, 0.25) is 0 Å². The highest BCUT2D eigenvalue weighted by Crippen LogP contribution is 2.34. The van der Waals surface area contributed by atoms with Crippen molar-refractivity contribution in [2.45, 2.75) is 37.6 Å². The van der Waals surface area contributed by atoms with E-state index >= 15 is 0 Å². The summed E-state index contributed by atoms with van der Waals surface area (Å²) in [5.41, 5.74) is 1.88. The van der Waals surface area contributed by atoms with Crippen LogP contribution in [-0.4, -0.2) is 55.0 Å². The number of nitrogens with zero attached hydrogens (tertiary/aromatic N) is 1. The van der Waals surface area contributed by atoms with Gasteiger partial charge in [0, 0.05) is 41.9 Å². The van der Waals surface area contributed by atoms with Crippen LogP contribution in [0.2, 0.25) is 0 Å². The van der Waals surface area contributed by atoms with Gasteiger partial charge >= 0.3 is 0 Å². The van der Waals surface area contributed by atoms with E-state index < -0.39 is 0 Å². The van der Waals surface area contributed by atoms with E-state index in [0.29, 0.717) is 23.2 Å². The van der Waals surface area contributed by atoms with Gasteiger partial charge in [0.25, 0.3) is 5.91 Å². The molecule has 0 aromatic heterocycles. The van der Waals surface area contributed by atoms with E-state index in [0.717, 1.165) is 39.1 Å². The molecule has 0 bridgehead atoms. The van der Waals surface area contributed by atoms with Crippen LogP contribution in [0, 0.1) is 0 Å². The molecule has 1 heterocycles. The van der Waals surface area contributed by atoms with Crippen LogP contribution in [0.4, 0.5) is 0 Å². The minimum atomic E-state index is -0.0769. The maximum Gasteiger partial charge on any atom is 0.251 e. The number of amides is 1. The van der Waals surface area contributed by atoms with E-state index in [4.69, 9.17) is 4.74 Å². The molecule has 5 heteroatoms. The van der Waals surface area contributed by atoms with Crippen molar-refractivity contribution in [2.75, 3.05) is 32.8 Å². The predicted octanol–water partition coefficient (Wildman–Crippen LogP) is 3.68. The minimum absolute atomic E-state index is 0.0314. The second-order valence-electron chi connectivity index (χ2n) is 8.34. The van der Waals surface area contributed by atoms with E-state index in [2.05, 4.69) is 10.2 Å². The standard InChI is InChI=1S/C25H30N2O3/c28-23(20-7-3-1-4-8-20)21-9-11-22(12-10-21)24(29)26-19-25(13-5-2-6-14-25)27-15-17-30-18-16-27/h1,3-4,7-12H,2,5-6,13-19H2,(H,26,29). The summed E-state index contributed by atoms with van der Waals surface area (Å²) in [6.45, 7) is 4.08. The van der Waals surface area contributed by atoms with Crippen LogP contribution in [0.5, 0.6) is 0 Å². The second kappa shape index (κ2) is 9.54. The van der Waals surface area contributed by atoms with E-state index in [1.165, 1.54) is 19.3 Å². The number of hydrogen-bond donors (Lipinski definition) is 1. The maximum atomic E-state index is 12.8. The third-order valence-electron chi connectivity index (χ3n) is 6.49. The lowest BCUT2D eigenvalue weighted by Gasteiger charge is -2.48. The normalized spacial score (nSPS) is 19.2. The summed E-state index contributed by atoms with van der Waals surface area (Å²) in [6, 6.07) is 16.2. The fourth-order valence-electron chi connectivity index (χ4n) is 4.73. The number of morpholine rings is 1. The summed E-state index contributed by atoms with van der Waals surface area (Å²) < 4.78 is 5.54. The Kier molecular flexibility index (Phi) is 6.60. The highest BCUT2D eigenvalue weighted by Gasteiger charge is 2.38. The molecule has 4 rings (SSSR count). The zero-order valence-electron chi connectivity index (χ0n) is 17.4. The highest BCUT2D eigenvalue weighted by atomic mass is 16.5. The number of benzene rings is 2. The molecule has 30 heavy (non-hydrogen) atoms. The quantitative estimate of drug-likeness (QED) is 0.744. The average molecular weight is 407 g/mol. The van der Waals surface area contributed by atoms with E-state index in [-0.39, 0.29) is 17.2 Å². The first-order chi connectivity index (χ1) is 14.7. The largest absolute Gasteiger partial charge is 0.379 e. The Labute approximate surface area is 178 Å². The Balaban J connectivity index is 1.41. The van der Waals surface area contributed by atoms with Crippen molar-refractivity contribution >= 4 is 11.7 Å². The Morgan fingerprint density at radius 2 is 1.43 bits per heavy atom. The molecule has 0 unspecified atom stereocenters. The number of rotatable bonds is 6. The Hall–Kier alpha value is -2.50. The van der Waals surface area contributed by atoms with Gasteiger partial charge in [0.15, 0.2) is 5.78 Å². The van der Waals surface area contributed by atoms with Crippen LogP contribution in [0.1, 0.15) is 58.4 Å². The van der Waals surface area contributed by atoms with Gasteiger partial charge in [-0.15, -0.1) is 0 Å². The molecule has 158 valence electrons. The summed E-state index contributed by atoms with van der Waals surface area (Å²) in [5.74, 6) is -0.108. The number of ether oxygens (including phenoxy) is 1. The molecule has 0 atom stereocenters. The van der Waals surface area contributed by atoms with E-state index in [1.807, 2.05) is 18.2 Å². The van der Waals surface area contributed by atoms with Gasteiger partial charge in [-0.3, -0.25) is 14.5 Å². The van der Waals surface area contributed by atoms with Gasteiger partial charge in [-0.2, -0.15) is 0 Å². The third kappa shape index (κ3) is 4.63. The number of carbonyl (C=O) groups is 2. The monoisotopic (exact) mass is 406 g/mol. The molecular weight excluding hydrogens is 376 g/mol. The molecule has 1 N–H and O–H groups in total. The summed E-state index contributed by atoms with van der Waals surface area (Å²) in [6.07, 6.45) is 5.94. The first-order valence-electron chi connectivity index (χ1n) is 11.0. The lowest BCUT2D eigenvalue weighted by atomic mass is 9.79. The molecule has 2 fully saturated rings. The highest BCUT2D eigenvalue weighted by molar-refractivity contribution is 6.09. The Morgan fingerprint density at radius 1 is 0.833 bits per heavy atom. The van der Waals surface area contributed by atoms with Gasteiger partial charge in [-0.05, 0) is 25.0 Å². The molecule has 1 aliphatic carbocycles. The van der Waals surface area contributed by atoms with Crippen LogP contribution in [0.25, 0.3) is 0 Å². The number of hydrogen-bond acceptors (Lipinski definition) is 4. The fourth-order valence-corrected chi connectivity index (χ4v) is 4.73. The maximum absolute atomic E-state index is 12.8. The van der Waals surface area contributed by atoms with Crippen molar-refractivity contribution in [3.05, 3.63) is 71.3 Å². The van der Waals surface area contributed by atoms with Crippen LogP contribution in [0.15, 0.2) is 54.6 Å². The van der Waals surface area contributed by atoms with Crippen LogP contribution in [0.3, 0.4) is 0 Å². The van der Waals surface area contributed by atoms with Gasteiger partial charge < -0.3 is 10.1 Å². The van der Waals surface area contributed by atoms with Crippen molar-refractivity contribution in [3.63, 3.8) is 0 Å². The first kappa shape index (κ1) is 20.8. The number of nitrogens with one attached hydrogen (secondary N) is 1. The van der Waals surface area contributed by atoms with Crippen molar-refractivity contribution in [2.24, 2.45) is 0 Å². The smallest absolute Gasteiger partial charge is 0.251 e. The first-order valence-corrected chi connectivity index (χ1v) is 11.0. The second-order valence-corrected chi connectivity index (χ2v) is 8.34. The molecule has 2 aromatic rings. The SMILES string of the molecule is O=C(NCC1(N2CCOCC2)CCCCC1)c1ccc(C(=O)c2ccccc2)cc1. The molecule has 0 radical (unpaired) electrons. The number of carbonyl (C=O) groups excluding carboxylic acids is 2. The zero-order chi connectivity index (χ0) is 20.8. The van der Waals surface area contributed by atoms with Gasteiger partial charge in [0.05, 0.1) is 13.2 Å². The zero-order valence-corrected chi connectivity index (χ0v) is 17.4. The summed E-state index contributed by atoms with van der Waals surface area (Å²) in [7, 11) is 0. The molecule has 1 amide bonds. The Bertz CT molecular complexity index is 852. The summed E-state index contributed by atoms with van der Waals surface area (Å²) >= 11 is 0. The van der Waals surface area contributed by atoms with Crippen LogP contribution in [-0.2, 0) is 4.74 Å². The average Bonchev–Trinajstić information content (AvgIpc) is 2.84. The Morgan fingerprint density at radius 3 is 2.10 bits per heavy atom. The van der Waals surface area contributed by atoms with Crippen LogP contribution < -0.4 is 5.32 Å². The molecule has 2 aliphatic rings. The summed E-state index contributed by atoms with van der Waals surface area (Å²) in [5, 5.41) is 3.18. The molecule has 1 saturated heterocycles. The van der Waals surface area contributed by atoms with Crippen molar-refractivity contribution in [1.82, 2.24) is 10.2 Å². The van der Waals surface area contributed by atoms with Crippen molar-refractivity contribution < 1.29 is 14.3 Å². The van der Waals surface area contributed by atoms with Crippen LogP contribution >= 0.6 is 0 Å². The van der Waals surface area contributed by atoms with E-state index in [9.17, 15) is 9.59 Å². The fraction of sp³-hybridized carbons (Fsp3) is 0.440. The van der Waals surface area contributed by atoms with Gasteiger partial charge in [0.1, 0.15) is 0 Å². The topological polar surface area (TPSA) is 58.6 Å². The predicted molar refractivity (Wildman–Crippen MR) is 117 cm³/mol. The number of ketones is 1. The molecule has 0 spiro atoms. The minimum Gasteiger partial charge on any atom is -0.379 e. The molecule has 5 nitrogen and oxygen atoms in total. The summed E-state index contributed by atoms with van der Waals surface area (Å²) in [4.78, 5) is 27.9. The lowest BCUT2D eigenvalue weighted by molar-refractivity contribution is -0.0361. The third-order valence-corrected chi connectivity index (χ3v) is 6.49. The van der Waals surface area contributed by atoms with E-state index in [1.54, 1.807) is 36.4 Å². The van der Waals surface area contributed by atoms with Crippen molar-refractivity contribution in [1.29, 1.82) is 0 Å². The molecule has 1 aliphatic heterocycles. The van der Waals surface area contributed by atoms with Crippen molar-refractivity contribution in [3.8, 4) is 0 Å². The molecule has 2 aromatic carbocycles. The van der Waals surface area contributed by atoms with Gasteiger partial charge in [-0.25, -0.2) is 0 Å². The van der Waals surface area contributed by atoms with Gasteiger partial charge in [-0.1, -0.05) is 61.7 Å². The molecular formula is C25H30N2O3.